The normalized spacial score (nSPS) is 11.7. The van der Waals surface area contributed by atoms with E-state index in [-0.39, 0.29) is 16.5 Å². The summed E-state index contributed by atoms with van der Waals surface area (Å²) in [6.45, 7) is 1.66. The van der Waals surface area contributed by atoms with Crippen molar-refractivity contribution in [2.45, 2.75) is 13.0 Å². The molecule has 1 N–H and O–H groups in total. The predicted molar refractivity (Wildman–Crippen MR) is 105 cm³/mol. The zero-order valence-electron chi connectivity index (χ0n) is 14.9. The fourth-order valence-corrected chi connectivity index (χ4v) is 2.85. The number of fused-ring (bicyclic) bond motifs is 1. The van der Waals surface area contributed by atoms with E-state index in [9.17, 15) is 9.59 Å². The van der Waals surface area contributed by atoms with Crippen LogP contribution in [0.5, 0.6) is 5.75 Å². The monoisotopic (exact) mass is 383 g/mol. The highest BCUT2D eigenvalue weighted by Gasteiger charge is 2.18. The lowest BCUT2D eigenvalue weighted by Crippen LogP contribution is -2.30. The van der Waals surface area contributed by atoms with Crippen LogP contribution < -0.4 is 10.1 Å². The first kappa shape index (κ1) is 18.7. The van der Waals surface area contributed by atoms with Gasteiger partial charge >= 0.3 is 5.97 Å². The number of hydrogen-bond donors (Lipinski definition) is 1. The molecular weight excluding hydrogens is 366 g/mol. The van der Waals surface area contributed by atoms with Crippen molar-refractivity contribution in [3.63, 3.8) is 0 Å². The maximum atomic E-state index is 12.5. The van der Waals surface area contributed by atoms with Gasteiger partial charge in [0.05, 0.1) is 17.7 Å². The summed E-state index contributed by atoms with van der Waals surface area (Å²) in [6, 6.07) is 18.1. The van der Waals surface area contributed by atoms with E-state index < -0.39 is 12.1 Å². The van der Waals surface area contributed by atoms with Crippen molar-refractivity contribution >= 4 is 39.9 Å². The van der Waals surface area contributed by atoms with Crippen LogP contribution in [0.15, 0.2) is 60.7 Å². The highest BCUT2D eigenvalue weighted by atomic mass is 35.5. The fourth-order valence-electron chi connectivity index (χ4n) is 2.66. The number of nitrogens with one attached hydrogen (secondary N) is 1. The van der Waals surface area contributed by atoms with E-state index >= 15 is 0 Å². The third-order valence-electron chi connectivity index (χ3n) is 4.06. The van der Waals surface area contributed by atoms with E-state index in [1.54, 1.807) is 13.0 Å². The highest BCUT2D eigenvalue weighted by molar-refractivity contribution is 6.33. The predicted octanol–water partition coefficient (Wildman–Crippen LogP) is 4.69. The van der Waals surface area contributed by atoms with Crippen molar-refractivity contribution < 1.29 is 19.1 Å². The average molecular weight is 384 g/mol. The summed E-state index contributed by atoms with van der Waals surface area (Å²) in [4.78, 5) is 24.2. The van der Waals surface area contributed by atoms with Crippen molar-refractivity contribution in [2.24, 2.45) is 0 Å². The number of rotatable bonds is 5. The third-order valence-corrected chi connectivity index (χ3v) is 4.39. The molecule has 0 saturated heterocycles. The molecule has 0 aromatic heterocycles. The number of anilines is 1. The Morgan fingerprint density at radius 3 is 2.56 bits per heavy atom. The molecule has 3 rings (SSSR count). The smallest absolute Gasteiger partial charge is 0.339 e. The Labute approximate surface area is 161 Å². The van der Waals surface area contributed by atoms with Gasteiger partial charge in [0.25, 0.3) is 5.91 Å². The molecule has 0 spiro atoms. The lowest BCUT2D eigenvalue weighted by Gasteiger charge is -2.16. The Balaban J connectivity index is 1.75. The number of hydrogen-bond acceptors (Lipinski definition) is 4. The molecule has 0 aliphatic heterocycles. The molecule has 138 valence electrons. The minimum absolute atomic E-state index is 0.180. The largest absolute Gasteiger partial charge is 0.480 e. The molecule has 0 aliphatic rings. The van der Waals surface area contributed by atoms with E-state index in [1.165, 1.54) is 19.2 Å². The first-order valence-corrected chi connectivity index (χ1v) is 8.70. The summed E-state index contributed by atoms with van der Waals surface area (Å²) in [5, 5.41) is 4.94. The van der Waals surface area contributed by atoms with Crippen molar-refractivity contribution in [3.05, 3.63) is 71.2 Å². The Morgan fingerprint density at radius 1 is 1.04 bits per heavy atom. The van der Waals surface area contributed by atoms with E-state index in [0.29, 0.717) is 11.4 Å². The maximum Gasteiger partial charge on any atom is 0.339 e. The van der Waals surface area contributed by atoms with Crippen LogP contribution in [0.4, 0.5) is 5.69 Å². The molecule has 0 heterocycles. The van der Waals surface area contributed by atoms with Crippen molar-refractivity contribution in [1.82, 2.24) is 0 Å². The lowest BCUT2D eigenvalue weighted by molar-refractivity contribution is -0.122. The topological polar surface area (TPSA) is 64.6 Å². The summed E-state index contributed by atoms with van der Waals surface area (Å²) in [5.74, 6) is -0.292. The van der Waals surface area contributed by atoms with Crippen molar-refractivity contribution in [2.75, 3.05) is 12.4 Å². The number of carbonyl (C=O) groups is 2. The molecule has 27 heavy (non-hydrogen) atoms. The van der Waals surface area contributed by atoms with Crippen LogP contribution in [0, 0.1) is 0 Å². The Bertz CT molecular complexity index is 997. The molecule has 0 unspecified atom stereocenters. The Hall–Kier alpha value is -3.05. The van der Waals surface area contributed by atoms with E-state index in [4.69, 9.17) is 16.3 Å². The maximum absolute atomic E-state index is 12.5. The number of amides is 1. The minimum Gasteiger partial charge on any atom is -0.480 e. The molecule has 6 heteroatoms. The SMILES string of the molecule is COC(=O)c1cc(NC(=O)[C@@H](C)Oc2cccc3ccccc23)ccc1Cl. The zero-order valence-corrected chi connectivity index (χ0v) is 15.6. The van der Waals surface area contributed by atoms with Crippen molar-refractivity contribution in [3.8, 4) is 5.75 Å². The zero-order chi connectivity index (χ0) is 19.4. The molecule has 0 aliphatic carbocycles. The first-order valence-electron chi connectivity index (χ1n) is 8.32. The van der Waals surface area contributed by atoms with Crippen LogP contribution in [0.3, 0.4) is 0 Å². The van der Waals surface area contributed by atoms with Gasteiger partial charge in [-0.1, -0.05) is 48.0 Å². The molecule has 5 nitrogen and oxygen atoms in total. The van der Waals surface area contributed by atoms with Gasteiger partial charge in [-0.3, -0.25) is 4.79 Å². The molecular formula is C21H18ClNO4. The Kier molecular flexibility index (Phi) is 5.62. The molecule has 0 fully saturated rings. The molecule has 0 bridgehead atoms. The third kappa shape index (κ3) is 4.20. The van der Waals surface area contributed by atoms with Crippen LogP contribution in [-0.4, -0.2) is 25.1 Å². The fraction of sp³-hybridized carbons (Fsp3) is 0.143. The van der Waals surface area contributed by atoms with Gasteiger partial charge in [-0.15, -0.1) is 0 Å². The number of halogens is 1. The molecule has 0 radical (unpaired) electrons. The molecule has 1 amide bonds. The standard InChI is InChI=1S/C21H18ClNO4/c1-13(27-19-9-5-7-14-6-3-4-8-16(14)19)20(24)23-15-10-11-18(22)17(12-15)21(25)26-2/h3-13H,1-2H3,(H,23,24)/t13-/m1/s1. The van der Waals surface area contributed by atoms with Gasteiger partial charge < -0.3 is 14.8 Å². The van der Waals surface area contributed by atoms with Crippen LogP contribution >= 0.6 is 11.6 Å². The van der Waals surface area contributed by atoms with Gasteiger partial charge in [0.1, 0.15) is 5.75 Å². The van der Waals surface area contributed by atoms with Crippen molar-refractivity contribution in [1.29, 1.82) is 0 Å². The van der Waals surface area contributed by atoms with Gasteiger partial charge in [-0.25, -0.2) is 4.79 Å². The number of methoxy groups -OCH3 is 1. The number of ether oxygens (including phenoxy) is 2. The molecule has 3 aromatic rings. The van der Waals surface area contributed by atoms with Gasteiger partial charge in [0, 0.05) is 11.1 Å². The second-order valence-corrected chi connectivity index (χ2v) is 6.32. The average Bonchev–Trinajstić information content (AvgIpc) is 2.69. The summed E-state index contributed by atoms with van der Waals surface area (Å²) in [5.41, 5.74) is 0.609. The van der Waals surface area contributed by atoms with E-state index in [0.717, 1.165) is 10.8 Å². The number of carbonyl (C=O) groups excluding carboxylic acids is 2. The van der Waals surface area contributed by atoms with Crippen LogP contribution in [0.1, 0.15) is 17.3 Å². The molecule has 3 aromatic carbocycles. The minimum atomic E-state index is -0.743. The quantitative estimate of drug-likeness (QED) is 0.649. The molecule has 0 saturated carbocycles. The van der Waals surface area contributed by atoms with Gasteiger partial charge in [0.2, 0.25) is 0 Å². The Morgan fingerprint density at radius 2 is 1.78 bits per heavy atom. The van der Waals surface area contributed by atoms with Gasteiger partial charge in [-0.2, -0.15) is 0 Å². The summed E-state index contributed by atoms with van der Waals surface area (Å²) in [7, 11) is 1.27. The van der Waals surface area contributed by atoms with Crippen LogP contribution in [0.25, 0.3) is 10.8 Å². The second-order valence-electron chi connectivity index (χ2n) is 5.91. The highest BCUT2D eigenvalue weighted by Crippen LogP contribution is 2.26. The van der Waals surface area contributed by atoms with E-state index in [1.807, 2.05) is 42.5 Å². The second kappa shape index (κ2) is 8.10. The summed E-state index contributed by atoms with van der Waals surface area (Å²) in [6.07, 6.45) is -0.743. The first-order chi connectivity index (χ1) is 13.0. The van der Waals surface area contributed by atoms with E-state index in [2.05, 4.69) is 10.1 Å². The van der Waals surface area contributed by atoms with Gasteiger partial charge in [-0.05, 0) is 36.6 Å². The lowest BCUT2D eigenvalue weighted by atomic mass is 10.1. The van der Waals surface area contributed by atoms with Crippen LogP contribution in [-0.2, 0) is 9.53 Å². The number of benzene rings is 3. The number of esters is 1. The summed E-state index contributed by atoms with van der Waals surface area (Å²) < 4.78 is 10.5. The summed E-state index contributed by atoms with van der Waals surface area (Å²) >= 11 is 5.99. The van der Waals surface area contributed by atoms with Crippen LogP contribution in [0.2, 0.25) is 5.02 Å². The van der Waals surface area contributed by atoms with Gasteiger partial charge in [0.15, 0.2) is 6.10 Å². The molecule has 1 atom stereocenters.